The Balaban J connectivity index is 2.14. The molecule has 0 aliphatic carbocycles. The van der Waals surface area contributed by atoms with E-state index < -0.39 is 4.92 Å². The second kappa shape index (κ2) is 6.45. The van der Waals surface area contributed by atoms with Gasteiger partial charge < -0.3 is 10.1 Å². The molecule has 0 radical (unpaired) electrons. The van der Waals surface area contributed by atoms with Crippen LogP contribution in [0.3, 0.4) is 0 Å². The van der Waals surface area contributed by atoms with E-state index >= 15 is 0 Å². The second-order valence-electron chi connectivity index (χ2n) is 4.56. The van der Waals surface area contributed by atoms with E-state index in [-0.39, 0.29) is 12.3 Å². The van der Waals surface area contributed by atoms with Crippen LogP contribution in [0.4, 0.5) is 11.4 Å². The van der Waals surface area contributed by atoms with Gasteiger partial charge in [0.1, 0.15) is 18.0 Å². The smallest absolute Gasteiger partial charge is 0.292 e. The number of nitrogens with zero attached hydrogens (tertiary/aromatic N) is 1. The van der Waals surface area contributed by atoms with Crippen molar-refractivity contribution in [2.75, 3.05) is 12.4 Å². The van der Waals surface area contributed by atoms with E-state index in [0.717, 1.165) is 11.1 Å². The Bertz CT molecular complexity index is 674. The van der Waals surface area contributed by atoms with Gasteiger partial charge in [0.25, 0.3) is 5.69 Å². The molecule has 2 aromatic rings. The molecule has 1 N–H and O–H groups in total. The van der Waals surface area contributed by atoms with Crippen molar-refractivity contribution < 1.29 is 9.66 Å². The van der Waals surface area contributed by atoms with Crippen molar-refractivity contribution in [2.24, 2.45) is 0 Å². The average Bonchev–Trinajstić information content (AvgIpc) is 2.48. The van der Waals surface area contributed by atoms with Gasteiger partial charge in [0.2, 0.25) is 0 Å². The number of anilines is 1. The number of hydrogen-bond donors (Lipinski definition) is 1. The third kappa shape index (κ3) is 3.64. The molecular weight excluding hydrogens is 292 g/mol. The average molecular weight is 307 g/mol. The van der Waals surface area contributed by atoms with Gasteiger partial charge in [-0.15, -0.1) is 0 Å². The standard InChI is InChI=1S/C15H15ClN2O3/c1-10-7-12(4-5-13(10)16)21-9-11-3-6-14(17-2)15(8-11)18(19)20/h3-8,17H,9H2,1-2H3. The Kier molecular flexibility index (Phi) is 4.65. The summed E-state index contributed by atoms with van der Waals surface area (Å²) in [4.78, 5) is 10.6. The highest BCUT2D eigenvalue weighted by molar-refractivity contribution is 6.31. The van der Waals surface area contributed by atoms with Crippen LogP contribution in [0.1, 0.15) is 11.1 Å². The molecule has 6 heteroatoms. The molecule has 2 rings (SSSR count). The number of nitro groups is 1. The van der Waals surface area contributed by atoms with E-state index in [4.69, 9.17) is 16.3 Å². The molecule has 0 spiro atoms. The van der Waals surface area contributed by atoms with Gasteiger partial charge in [0.15, 0.2) is 0 Å². The van der Waals surface area contributed by atoms with Gasteiger partial charge in [-0.25, -0.2) is 0 Å². The van der Waals surface area contributed by atoms with E-state index in [0.29, 0.717) is 16.5 Å². The molecule has 0 saturated heterocycles. The molecule has 0 aliphatic rings. The molecule has 110 valence electrons. The van der Waals surface area contributed by atoms with Crippen LogP contribution >= 0.6 is 11.6 Å². The number of halogens is 1. The highest BCUT2D eigenvalue weighted by Crippen LogP contribution is 2.26. The maximum Gasteiger partial charge on any atom is 0.292 e. The van der Waals surface area contributed by atoms with Crippen molar-refractivity contribution in [1.29, 1.82) is 0 Å². The van der Waals surface area contributed by atoms with Gasteiger partial charge in [-0.3, -0.25) is 10.1 Å². The summed E-state index contributed by atoms with van der Waals surface area (Å²) in [5.74, 6) is 0.678. The van der Waals surface area contributed by atoms with E-state index in [1.54, 1.807) is 31.3 Å². The van der Waals surface area contributed by atoms with E-state index in [2.05, 4.69) is 5.32 Å². The Morgan fingerprint density at radius 2 is 2.05 bits per heavy atom. The minimum absolute atomic E-state index is 0.0332. The molecule has 0 aliphatic heterocycles. The maximum absolute atomic E-state index is 11.0. The number of nitrogens with one attached hydrogen (secondary N) is 1. The predicted octanol–water partition coefficient (Wildman–Crippen LogP) is 4.18. The Labute approximate surface area is 127 Å². The summed E-state index contributed by atoms with van der Waals surface area (Å²) >= 11 is 5.95. The Morgan fingerprint density at radius 1 is 1.29 bits per heavy atom. The minimum Gasteiger partial charge on any atom is -0.489 e. The first-order valence-electron chi connectivity index (χ1n) is 6.35. The molecular formula is C15H15ClN2O3. The first-order chi connectivity index (χ1) is 10.0. The molecule has 0 bridgehead atoms. The van der Waals surface area contributed by atoms with Crippen LogP contribution in [0, 0.1) is 17.0 Å². The third-order valence-electron chi connectivity index (χ3n) is 3.06. The van der Waals surface area contributed by atoms with Gasteiger partial charge in [-0.2, -0.15) is 0 Å². The minimum atomic E-state index is -0.415. The Morgan fingerprint density at radius 3 is 2.67 bits per heavy atom. The number of hydrogen-bond acceptors (Lipinski definition) is 4. The number of benzene rings is 2. The van der Waals surface area contributed by atoms with Crippen molar-refractivity contribution in [3.8, 4) is 5.75 Å². The first kappa shape index (κ1) is 15.1. The van der Waals surface area contributed by atoms with Crippen LogP contribution in [0.15, 0.2) is 36.4 Å². The zero-order valence-corrected chi connectivity index (χ0v) is 12.5. The van der Waals surface area contributed by atoms with Gasteiger partial charge in [-0.1, -0.05) is 17.7 Å². The van der Waals surface area contributed by atoms with Gasteiger partial charge in [0, 0.05) is 18.1 Å². The van der Waals surface area contributed by atoms with Crippen LogP contribution in [0.2, 0.25) is 5.02 Å². The molecule has 5 nitrogen and oxygen atoms in total. The quantitative estimate of drug-likeness (QED) is 0.665. The fourth-order valence-corrected chi connectivity index (χ4v) is 2.02. The largest absolute Gasteiger partial charge is 0.489 e. The van der Waals surface area contributed by atoms with E-state index in [1.807, 2.05) is 13.0 Å². The summed E-state index contributed by atoms with van der Waals surface area (Å²) in [7, 11) is 1.65. The SMILES string of the molecule is CNc1ccc(COc2ccc(Cl)c(C)c2)cc1[N+](=O)[O-]. The van der Waals surface area contributed by atoms with Crippen LogP contribution in [0.5, 0.6) is 5.75 Å². The highest BCUT2D eigenvalue weighted by Gasteiger charge is 2.13. The van der Waals surface area contributed by atoms with Crippen molar-refractivity contribution in [3.63, 3.8) is 0 Å². The second-order valence-corrected chi connectivity index (χ2v) is 4.97. The zero-order valence-electron chi connectivity index (χ0n) is 11.7. The predicted molar refractivity (Wildman–Crippen MR) is 83.2 cm³/mol. The lowest BCUT2D eigenvalue weighted by Crippen LogP contribution is -2.00. The monoisotopic (exact) mass is 306 g/mol. The lowest BCUT2D eigenvalue weighted by atomic mass is 10.2. The van der Waals surface area contributed by atoms with E-state index in [1.165, 1.54) is 6.07 Å². The summed E-state index contributed by atoms with van der Waals surface area (Å²) in [6.45, 7) is 2.15. The molecule has 0 unspecified atom stereocenters. The van der Waals surface area contributed by atoms with Crippen LogP contribution < -0.4 is 10.1 Å². The number of rotatable bonds is 5. The van der Waals surface area contributed by atoms with E-state index in [9.17, 15) is 10.1 Å². The molecule has 0 heterocycles. The number of nitro benzene ring substituents is 1. The van der Waals surface area contributed by atoms with Crippen molar-refractivity contribution in [2.45, 2.75) is 13.5 Å². The first-order valence-corrected chi connectivity index (χ1v) is 6.73. The molecule has 0 atom stereocenters. The molecule has 0 amide bonds. The van der Waals surface area contributed by atoms with Gasteiger partial charge in [-0.05, 0) is 42.3 Å². The summed E-state index contributed by atoms with van der Waals surface area (Å²) < 4.78 is 5.63. The molecule has 2 aromatic carbocycles. The highest BCUT2D eigenvalue weighted by atomic mass is 35.5. The summed E-state index contributed by atoms with van der Waals surface area (Å²) in [5, 5.41) is 14.5. The van der Waals surface area contributed by atoms with Crippen molar-refractivity contribution in [3.05, 3.63) is 62.7 Å². The summed E-state index contributed by atoms with van der Waals surface area (Å²) in [5.41, 5.74) is 2.16. The van der Waals surface area contributed by atoms with Crippen LogP contribution in [0.25, 0.3) is 0 Å². The lowest BCUT2D eigenvalue weighted by Gasteiger charge is -2.09. The summed E-state index contributed by atoms with van der Waals surface area (Å²) in [6, 6.07) is 10.3. The van der Waals surface area contributed by atoms with Crippen molar-refractivity contribution >= 4 is 23.0 Å². The zero-order chi connectivity index (χ0) is 15.4. The summed E-state index contributed by atoms with van der Waals surface area (Å²) in [6.07, 6.45) is 0. The Hall–Kier alpha value is -2.27. The number of aryl methyl sites for hydroxylation is 1. The lowest BCUT2D eigenvalue weighted by molar-refractivity contribution is -0.384. The van der Waals surface area contributed by atoms with Crippen molar-refractivity contribution in [1.82, 2.24) is 0 Å². The molecule has 0 saturated carbocycles. The fraction of sp³-hybridized carbons (Fsp3) is 0.200. The van der Waals surface area contributed by atoms with Gasteiger partial charge in [0.05, 0.1) is 4.92 Å². The normalized spacial score (nSPS) is 10.2. The number of ether oxygens (including phenoxy) is 1. The molecule has 0 fully saturated rings. The third-order valence-corrected chi connectivity index (χ3v) is 3.49. The maximum atomic E-state index is 11.0. The molecule has 0 aromatic heterocycles. The fourth-order valence-electron chi connectivity index (χ4n) is 1.90. The van der Waals surface area contributed by atoms with Gasteiger partial charge >= 0.3 is 0 Å². The molecule has 21 heavy (non-hydrogen) atoms. The topological polar surface area (TPSA) is 64.4 Å². The van der Waals surface area contributed by atoms with Crippen LogP contribution in [-0.2, 0) is 6.61 Å². The van der Waals surface area contributed by atoms with Crippen LogP contribution in [-0.4, -0.2) is 12.0 Å².